The maximum Gasteiger partial charge on any atom is 0.228 e. The van der Waals surface area contributed by atoms with Crippen LogP contribution >= 0.6 is 0 Å². The van der Waals surface area contributed by atoms with E-state index in [2.05, 4.69) is 36.2 Å². The highest BCUT2D eigenvalue weighted by Crippen LogP contribution is 2.32. The Labute approximate surface area is 187 Å². The molecule has 0 aliphatic heterocycles. The molecule has 0 radical (unpaired) electrons. The molecule has 32 heavy (non-hydrogen) atoms. The summed E-state index contributed by atoms with van der Waals surface area (Å²) in [5.74, 6) is 1.31. The molecule has 2 aromatic carbocycles. The molecule has 4 aromatic rings. The molecule has 0 fully saturated rings. The lowest BCUT2D eigenvalue weighted by molar-refractivity contribution is -0.115. The summed E-state index contributed by atoms with van der Waals surface area (Å²) in [5.41, 5.74) is 9.79. The standard InChI is InChI=1S/C25H27N5O2/c1-16-11-17(12-24(31)29-19-14-28-30(15-19)25(2,3)4)5-8-22(16)32-23-9-10-27-21-7-6-18(26)13-20(21)23/h5-11,13-15H,12,26H2,1-4H3,(H,29,31). The van der Waals surface area contributed by atoms with Crippen molar-refractivity contribution in [2.75, 3.05) is 11.1 Å². The first-order valence-electron chi connectivity index (χ1n) is 10.5. The van der Waals surface area contributed by atoms with Gasteiger partial charge in [-0.05, 0) is 69.2 Å². The summed E-state index contributed by atoms with van der Waals surface area (Å²) in [6, 6.07) is 13.1. The first-order valence-corrected chi connectivity index (χ1v) is 10.5. The minimum atomic E-state index is -0.137. The highest BCUT2D eigenvalue weighted by molar-refractivity contribution is 5.92. The third-order valence-electron chi connectivity index (χ3n) is 5.10. The second-order valence-corrected chi connectivity index (χ2v) is 8.86. The van der Waals surface area contributed by atoms with E-state index in [0.29, 0.717) is 17.1 Å². The predicted molar refractivity (Wildman–Crippen MR) is 127 cm³/mol. The molecule has 2 heterocycles. The van der Waals surface area contributed by atoms with Crippen molar-refractivity contribution in [2.24, 2.45) is 0 Å². The number of rotatable bonds is 5. The number of carbonyl (C=O) groups excluding carboxylic acids is 1. The molecule has 0 spiro atoms. The minimum absolute atomic E-state index is 0.0952. The predicted octanol–water partition coefficient (Wildman–Crippen LogP) is 5.05. The van der Waals surface area contributed by atoms with Gasteiger partial charge in [0.25, 0.3) is 0 Å². The second-order valence-electron chi connectivity index (χ2n) is 8.86. The smallest absolute Gasteiger partial charge is 0.228 e. The number of nitrogens with zero attached hydrogens (tertiary/aromatic N) is 3. The number of ether oxygens (including phenoxy) is 1. The fourth-order valence-electron chi connectivity index (χ4n) is 3.43. The molecule has 164 valence electrons. The highest BCUT2D eigenvalue weighted by Gasteiger charge is 2.15. The summed E-state index contributed by atoms with van der Waals surface area (Å²) in [7, 11) is 0. The van der Waals surface area contributed by atoms with Gasteiger partial charge in [-0.25, -0.2) is 0 Å². The minimum Gasteiger partial charge on any atom is -0.456 e. The Hall–Kier alpha value is -3.87. The van der Waals surface area contributed by atoms with Crippen LogP contribution in [0.15, 0.2) is 61.1 Å². The zero-order valence-electron chi connectivity index (χ0n) is 18.7. The third-order valence-corrected chi connectivity index (χ3v) is 5.10. The second kappa shape index (κ2) is 8.34. The zero-order valence-corrected chi connectivity index (χ0v) is 18.7. The summed E-state index contributed by atoms with van der Waals surface area (Å²) >= 11 is 0. The third kappa shape index (κ3) is 4.72. The molecule has 0 aliphatic rings. The van der Waals surface area contributed by atoms with E-state index < -0.39 is 0 Å². The number of benzene rings is 2. The average molecular weight is 430 g/mol. The van der Waals surface area contributed by atoms with Gasteiger partial charge in [0, 0.05) is 23.5 Å². The van der Waals surface area contributed by atoms with E-state index in [-0.39, 0.29) is 17.9 Å². The van der Waals surface area contributed by atoms with Gasteiger partial charge >= 0.3 is 0 Å². The van der Waals surface area contributed by atoms with Gasteiger partial charge in [0.15, 0.2) is 0 Å². The van der Waals surface area contributed by atoms with Crippen LogP contribution in [0.2, 0.25) is 0 Å². The molecule has 0 saturated heterocycles. The van der Waals surface area contributed by atoms with Gasteiger partial charge in [0.05, 0.1) is 29.4 Å². The highest BCUT2D eigenvalue weighted by atomic mass is 16.5. The normalized spacial score (nSPS) is 11.5. The summed E-state index contributed by atoms with van der Waals surface area (Å²) in [5, 5.41) is 8.08. The molecular weight excluding hydrogens is 402 g/mol. The summed E-state index contributed by atoms with van der Waals surface area (Å²) < 4.78 is 7.99. The zero-order chi connectivity index (χ0) is 22.9. The Kier molecular flexibility index (Phi) is 5.57. The van der Waals surface area contributed by atoms with Crippen LogP contribution in [0.5, 0.6) is 11.5 Å². The fraction of sp³-hybridized carbons (Fsp3) is 0.240. The van der Waals surface area contributed by atoms with Gasteiger partial charge in [0.1, 0.15) is 11.5 Å². The molecule has 2 aromatic heterocycles. The molecule has 1 amide bonds. The SMILES string of the molecule is Cc1cc(CC(=O)Nc2cnn(C(C)(C)C)c2)ccc1Oc1ccnc2ccc(N)cc12. The maximum absolute atomic E-state index is 12.5. The van der Waals surface area contributed by atoms with Gasteiger partial charge < -0.3 is 15.8 Å². The Morgan fingerprint density at radius 1 is 1.12 bits per heavy atom. The Bertz CT molecular complexity index is 1290. The summed E-state index contributed by atoms with van der Waals surface area (Å²) in [6.07, 6.45) is 5.48. The monoisotopic (exact) mass is 429 g/mol. The van der Waals surface area contributed by atoms with E-state index in [9.17, 15) is 4.79 Å². The number of fused-ring (bicyclic) bond motifs is 1. The van der Waals surface area contributed by atoms with Gasteiger partial charge in [-0.2, -0.15) is 5.10 Å². The van der Waals surface area contributed by atoms with Gasteiger partial charge in [-0.3, -0.25) is 14.5 Å². The first kappa shape index (κ1) is 21.4. The number of pyridine rings is 1. The van der Waals surface area contributed by atoms with Crippen molar-refractivity contribution in [1.82, 2.24) is 14.8 Å². The lowest BCUT2D eigenvalue weighted by Crippen LogP contribution is -2.22. The summed E-state index contributed by atoms with van der Waals surface area (Å²) in [4.78, 5) is 16.9. The van der Waals surface area contributed by atoms with Crippen LogP contribution in [0.25, 0.3) is 10.9 Å². The largest absolute Gasteiger partial charge is 0.456 e. The molecule has 0 bridgehead atoms. The van der Waals surface area contributed by atoms with E-state index in [0.717, 1.165) is 27.8 Å². The Morgan fingerprint density at radius 2 is 1.94 bits per heavy atom. The van der Waals surface area contributed by atoms with Crippen LogP contribution in [0.3, 0.4) is 0 Å². The number of hydrogen-bond acceptors (Lipinski definition) is 5. The number of anilines is 2. The molecule has 3 N–H and O–H groups in total. The van der Waals surface area contributed by atoms with Crippen molar-refractivity contribution in [1.29, 1.82) is 0 Å². The molecule has 4 rings (SSSR count). The van der Waals surface area contributed by atoms with Crippen LogP contribution in [-0.4, -0.2) is 20.7 Å². The van der Waals surface area contributed by atoms with Crippen molar-refractivity contribution >= 4 is 28.2 Å². The number of nitrogen functional groups attached to an aromatic ring is 1. The number of hydrogen-bond donors (Lipinski definition) is 2. The van der Waals surface area contributed by atoms with Crippen molar-refractivity contribution < 1.29 is 9.53 Å². The number of amides is 1. The van der Waals surface area contributed by atoms with Gasteiger partial charge in [-0.15, -0.1) is 0 Å². The summed E-state index contributed by atoms with van der Waals surface area (Å²) in [6.45, 7) is 8.13. The molecular formula is C25H27N5O2. The van der Waals surface area contributed by atoms with Gasteiger partial charge in [-0.1, -0.05) is 12.1 Å². The molecule has 0 aliphatic carbocycles. The molecule has 0 atom stereocenters. The number of carbonyl (C=O) groups is 1. The van der Waals surface area contributed by atoms with Gasteiger partial charge in [0.2, 0.25) is 5.91 Å². The van der Waals surface area contributed by atoms with Crippen molar-refractivity contribution in [3.63, 3.8) is 0 Å². The van der Waals surface area contributed by atoms with Crippen LogP contribution in [-0.2, 0) is 16.8 Å². The number of aromatic nitrogens is 3. The van der Waals surface area contributed by atoms with E-state index in [1.54, 1.807) is 12.4 Å². The van der Waals surface area contributed by atoms with Crippen molar-refractivity contribution in [2.45, 2.75) is 39.7 Å². The topological polar surface area (TPSA) is 95.1 Å². The number of nitrogens with two attached hydrogens (primary N) is 1. The fourth-order valence-corrected chi connectivity index (χ4v) is 3.43. The van der Waals surface area contributed by atoms with Crippen molar-refractivity contribution in [3.8, 4) is 11.5 Å². The van der Waals surface area contributed by atoms with Crippen molar-refractivity contribution in [3.05, 3.63) is 72.2 Å². The van der Waals surface area contributed by atoms with E-state index in [1.807, 2.05) is 60.3 Å². The quantitative estimate of drug-likeness (QED) is 0.433. The van der Waals surface area contributed by atoms with Crippen LogP contribution in [0, 0.1) is 6.92 Å². The molecule has 7 heteroatoms. The van der Waals surface area contributed by atoms with E-state index in [1.165, 1.54) is 0 Å². The average Bonchev–Trinajstić information content (AvgIpc) is 3.19. The van der Waals surface area contributed by atoms with E-state index >= 15 is 0 Å². The lowest BCUT2D eigenvalue weighted by atomic mass is 10.1. The van der Waals surface area contributed by atoms with Crippen LogP contribution in [0.1, 0.15) is 31.9 Å². The molecule has 7 nitrogen and oxygen atoms in total. The number of nitrogens with one attached hydrogen (secondary N) is 1. The first-order chi connectivity index (χ1) is 15.2. The molecule has 0 saturated carbocycles. The Morgan fingerprint density at radius 3 is 2.66 bits per heavy atom. The molecule has 0 unspecified atom stereocenters. The number of aryl methyl sites for hydroxylation is 1. The maximum atomic E-state index is 12.5. The lowest BCUT2D eigenvalue weighted by Gasteiger charge is -2.18. The van der Waals surface area contributed by atoms with E-state index in [4.69, 9.17) is 10.5 Å². The Balaban J connectivity index is 1.46. The van der Waals surface area contributed by atoms with Crippen LogP contribution < -0.4 is 15.8 Å². The van der Waals surface area contributed by atoms with Crippen LogP contribution in [0.4, 0.5) is 11.4 Å².